The van der Waals surface area contributed by atoms with Gasteiger partial charge in [0.1, 0.15) is 5.75 Å². The summed E-state index contributed by atoms with van der Waals surface area (Å²) in [5.74, 6) is -0.386. The Balaban J connectivity index is 1.35. The first-order valence-corrected chi connectivity index (χ1v) is 10.9. The molecule has 0 atom stereocenters. The molecule has 1 N–H and O–H groups in total. The second-order valence-corrected chi connectivity index (χ2v) is 8.34. The van der Waals surface area contributed by atoms with Gasteiger partial charge in [-0.05, 0) is 48.6 Å². The van der Waals surface area contributed by atoms with Crippen molar-refractivity contribution in [3.63, 3.8) is 0 Å². The third-order valence-electron chi connectivity index (χ3n) is 4.25. The second kappa shape index (κ2) is 8.92. The summed E-state index contributed by atoms with van der Waals surface area (Å²) in [6.45, 7) is -2.94. The lowest BCUT2D eigenvalue weighted by Gasteiger charge is -2.08. The number of carbonyl (C=O) groups is 2. The number of thioether (sulfide) groups is 1. The van der Waals surface area contributed by atoms with E-state index in [-0.39, 0.29) is 17.1 Å². The molecule has 7 nitrogen and oxygen atoms in total. The highest BCUT2D eigenvalue weighted by Crippen LogP contribution is 2.41. The van der Waals surface area contributed by atoms with E-state index >= 15 is 0 Å². The van der Waals surface area contributed by atoms with Crippen LogP contribution in [0.4, 0.5) is 8.78 Å². The molecule has 1 aromatic carbocycles. The topological polar surface area (TPSA) is 86.1 Å². The molecule has 0 bridgehead atoms. The van der Waals surface area contributed by atoms with Gasteiger partial charge in [0.05, 0.1) is 10.6 Å². The Morgan fingerprint density at radius 3 is 2.63 bits per heavy atom. The minimum Gasteiger partial charge on any atom is -0.435 e. The van der Waals surface area contributed by atoms with Crippen LogP contribution in [-0.4, -0.2) is 38.9 Å². The molecular weight excluding hydrogens is 434 g/mol. The fourth-order valence-electron chi connectivity index (χ4n) is 2.76. The number of thiophene rings is 1. The summed E-state index contributed by atoms with van der Waals surface area (Å²) < 4.78 is 30.6. The lowest BCUT2D eigenvalue weighted by molar-refractivity contribution is -0.117. The molecule has 1 aliphatic carbocycles. The van der Waals surface area contributed by atoms with E-state index in [0.29, 0.717) is 11.2 Å². The highest BCUT2D eigenvalue weighted by molar-refractivity contribution is 7.99. The van der Waals surface area contributed by atoms with Gasteiger partial charge in [-0.2, -0.15) is 8.78 Å². The highest BCUT2D eigenvalue weighted by atomic mass is 32.2. The predicted octanol–water partition coefficient (Wildman–Crippen LogP) is 3.99. The molecule has 0 radical (unpaired) electrons. The van der Waals surface area contributed by atoms with Gasteiger partial charge >= 0.3 is 6.61 Å². The molecule has 2 amide bonds. The van der Waals surface area contributed by atoms with Crippen molar-refractivity contribution in [3.05, 3.63) is 47.3 Å². The minimum atomic E-state index is -2.94. The number of imide groups is 1. The molecule has 30 heavy (non-hydrogen) atoms. The summed E-state index contributed by atoms with van der Waals surface area (Å²) in [6, 6.07) is 9.36. The summed E-state index contributed by atoms with van der Waals surface area (Å²) in [5.41, 5.74) is 0.163. The number of halogens is 2. The molecule has 1 saturated carbocycles. The Labute approximate surface area is 178 Å². The molecule has 1 fully saturated rings. The zero-order valence-electron chi connectivity index (χ0n) is 15.5. The Morgan fingerprint density at radius 2 is 2.00 bits per heavy atom. The third kappa shape index (κ3) is 4.85. The summed E-state index contributed by atoms with van der Waals surface area (Å²) >= 11 is 2.79. The molecule has 0 aliphatic heterocycles. The predicted molar refractivity (Wildman–Crippen MR) is 108 cm³/mol. The molecule has 0 spiro atoms. The Hall–Kier alpha value is -2.79. The maximum atomic E-state index is 12.2. The van der Waals surface area contributed by atoms with E-state index < -0.39 is 18.4 Å². The van der Waals surface area contributed by atoms with E-state index in [4.69, 9.17) is 0 Å². The standard InChI is InChI=1S/C19H16F2N4O3S2/c20-18(21)28-13-7-3-11(4-8-13)17(27)22-15(26)10-30-19-24-23-16(14-2-1-9-29-14)25(19)12-5-6-12/h1-4,7-9,12,18H,5-6,10H2,(H,22,26,27). The van der Waals surface area contributed by atoms with Crippen LogP contribution in [0.15, 0.2) is 46.9 Å². The number of aromatic nitrogens is 3. The van der Waals surface area contributed by atoms with Crippen LogP contribution in [0.1, 0.15) is 29.2 Å². The number of hydrogen-bond acceptors (Lipinski definition) is 7. The first-order chi connectivity index (χ1) is 14.5. The van der Waals surface area contributed by atoms with Crippen LogP contribution in [0.2, 0.25) is 0 Å². The molecule has 0 saturated heterocycles. The lowest BCUT2D eigenvalue weighted by atomic mass is 10.2. The van der Waals surface area contributed by atoms with E-state index in [1.165, 1.54) is 36.0 Å². The van der Waals surface area contributed by atoms with Crippen molar-refractivity contribution >= 4 is 34.9 Å². The van der Waals surface area contributed by atoms with Crippen LogP contribution < -0.4 is 10.1 Å². The van der Waals surface area contributed by atoms with Crippen LogP contribution in [0.25, 0.3) is 10.7 Å². The third-order valence-corrected chi connectivity index (χ3v) is 6.05. The van der Waals surface area contributed by atoms with E-state index in [0.717, 1.165) is 23.5 Å². The number of hydrogen-bond donors (Lipinski definition) is 1. The van der Waals surface area contributed by atoms with Crippen molar-refractivity contribution in [1.82, 2.24) is 20.1 Å². The van der Waals surface area contributed by atoms with Crippen LogP contribution in [0.5, 0.6) is 5.75 Å². The average Bonchev–Trinajstić information content (AvgIpc) is 3.24. The van der Waals surface area contributed by atoms with Crippen LogP contribution in [0, 0.1) is 0 Å². The fourth-order valence-corrected chi connectivity index (χ4v) is 4.27. The summed E-state index contributed by atoms with van der Waals surface area (Å²) in [5, 5.41) is 13.4. The van der Waals surface area contributed by atoms with Gasteiger partial charge in [0.15, 0.2) is 11.0 Å². The molecule has 11 heteroatoms. The summed E-state index contributed by atoms with van der Waals surface area (Å²) in [7, 11) is 0. The number of amides is 2. The van der Waals surface area contributed by atoms with Gasteiger partial charge in [0.25, 0.3) is 5.91 Å². The monoisotopic (exact) mass is 450 g/mol. The number of nitrogens with zero attached hydrogens (tertiary/aromatic N) is 3. The van der Waals surface area contributed by atoms with Gasteiger partial charge in [0.2, 0.25) is 5.91 Å². The SMILES string of the molecule is O=C(CSc1nnc(-c2cccs2)n1C1CC1)NC(=O)c1ccc(OC(F)F)cc1. The van der Waals surface area contributed by atoms with Crippen molar-refractivity contribution in [2.45, 2.75) is 30.7 Å². The zero-order chi connectivity index (χ0) is 21.1. The van der Waals surface area contributed by atoms with E-state index in [2.05, 4.69) is 20.3 Å². The van der Waals surface area contributed by atoms with E-state index in [1.54, 1.807) is 11.3 Å². The Kier molecular flexibility index (Phi) is 6.09. The van der Waals surface area contributed by atoms with Gasteiger partial charge in [-0.3, -0.25) is 19.5 Å². The van der Waals surface area contributed by atoms with Gasteiger partial charge in [-0.1, -0.05) is 17.8 Å². The second-order valence-electron chi connectivity index (χ2n) is 6.45. The molecule has 4 rings (SSSR count). The lowest BCUT2D eigenvalue weighted by Crippen LogP contribution is -2.31. The molecule has 0 unspecified atom stereocenters. The number of alkyl halides is 2. The van der Waals surface area contributed by atoms with Crippen molar-refractivity contribution in [2.75, 3.05) is 5.75 Å². The van der Waals surface area contributed by atoms with Gasteiger partial charge < -0.3 is 4.74 Å². The first kappa shape index (κ1) is 20.5. The quantitative estimate of drug-likeness (QED) is 0.523. The Morgan fingerprint density at radius 1 is 1.23 bits per heavy atom. The van der Waals surface area contributed by atoms with Crippen molar-refractivity contribution in [3.8, 4) is 16.5 Å². The van der Waals surface area contributed by atoms with E-state index in [9.17, 15) is 18.4 Å². The van der Waals surface area contributed by atoms with Crippen LogP contribution in [0.3, 0.4) is 0 Å². The fraction of sp³-hybridized carbons (Fsp3) is 0.263. The van der Waals surface area contributed by atoms with Crippen LogP contribution >= 0.6 is 23.1 Å². The summed E-state index contributed by atoms with van der Waals surface area (Å²) in [6.07, 6.45) is 2.08. The molecular formula is C19H16F2N4O3S2. The van der Waals surface area contributed by atoms with Crippen LogP contribution in [-0.2, 0) is 4.79 Å². The Bertz CT molecular complexity index is 1030. The molecule has 2 aromatic heterocycles. The maximum Gasteiger partial charge on any atom is 0.387 e. The molecule has 2 heterocycles. The zero-order valence-corrected chi connectivity index (χ0v) is 17.1. The normalized spacial score (nSPS) is 13.4. The smallest absolute Gasteiger partial charge is 0.387 e. The largest absolute Gasteiger partial charge is 0.435 e. The molecule has 3 aromatic rings. The number of carbonyl (C=O) groups excluding carboxylic acids is 2. The molecule has 156 valence electrons. The highest BCUT2D eigenvalue weighted by Gasteiger charge is 2.30. The van der Waals surface area contributed by atoms with E-state index in [1.807, 2.05) is 22.1 Å². The number of rotatable bonds is 8. The van der Waals surface area contributed by atoms with Crippen molar-refractivity contribution in [2.24, 2.45) is 0 Å². The molecule has 1 aliphatic rings. The average molecular weight is 450 g/mol. The summed E-state index contributed by atoms with van der Waals surface area (Å²) in [4.78, 5) is 25.4. The van der Waals surface area contributed by atoms with Crippen molar-refractivity contribution < 1.29 is 23.1 Å². The van der Waals surface area contributed by atoms with Gasteiger partial charge in [-0.15, -0.1) is 21.5 Å². The number of nitrogens with one attached hydrogen (secondary N) is 1. The van der Waals surface area contributed by atoms with Gasteiger partial charge in [-0.25, -0.2) is 0 Å². The maximum absolute atomic E-state index is 12.2. The minimum absolute atomic E-state index is 0.00634. The van der Waals surface area contributed by atoms with Crippen molar-refractivity contribution in [1.29, 1.82) is 0 Å². The van der Waals surface area contributed by atoms with Gasteiger partial charge in [0, 0.05) is 11.6 Å². The number of benzene rings is 1. The first-order valence-electron chi connectivity index (χ1n) is 9.02. The number of ether oxygens (including phenoxy) is 1.